The van der Waals surface area contributed by atoms with Crippen molar-refractivity contribution in [1.82, 2.24) is 14.9 Å². The first-order valence-corrected chi connectivity index (χ1v) is 12.7. The van der Waals surface area contributed by atoms with E-state index < -0.39 is 10.0 Å². The van der Waals surface area contributed by atoms with E-state index >= 15 is 0 Å². The van der Waals surface area contributed by atoms with E-state index in [1.165, 1.54) is 5.56 Å². The minimum atomic E-state index is -3.10. The van der Waals surface area contributed by atoms with Gasteiger partial charge in [-0.2, -0.15) is 0 Å². The van der Waals surface area contributed by atoms with Crippen molar-refractivity contribution in [1.29, 1.82) is 0 Å². The van der Waals surface area contributed by atoms with E-state index in [0.717, 1.165) is 49.8 Å². The van der Waals surface area contributed by atoms with Crippen LogP contribution in [0.15, 0.2) is 29.3 Å². The Kier molecular flexibility index (Phi) is 9.70. The zero-order chi connectivity index (χ0) is 20.9. The quantitative estimate of drug-likeness (QED) is 0.285. The lowest BCUT2D eigenvalue weighted by Crippen LogP contribution is -2.50. The van der Waals surface area contributed by atoms with Crippen molar-refractivity contribution < 1.29 is 8.42 Å². The van der Waals surface area contributed by atoms with Crippen molar-refractivity contribution >= 4 is 51.6 Å². The third kappa shape index (κ3) is 6.71. The minimum Gasteiger partial charge on any atom is -0.357 e. The van der Waals surface area contributed by atoms with Crippen LogP contribution < -0.4 is 10.6 Å². The van der Waals surface area contributed by atoms with Gasteiger partial charge in [0.25, 0.3) is 0 Å². The summed E-state index contributed by atoms with van der Waals surface area (Å²) in [6, 6.07) is 8.34. The predicted octanol–water partition coefficient (Wildman–Crippen LogP) is 3.75. The molecule has 1 saturated carbocycles. The number of piperidine rings is 1. The highest BCUT2D eigenvalue weighted by molar-refractivity contribution is 14.0. The van der Waals surface area contributed by atoms with E-state index in [2.05, 4.69) is 29.7 Å². The Balaban J connectivity index is 0.00000320. The molecule has 0 spiro atoms. The summed E-state index contributed by atoms with van der Waals surface area (Å²) in [4.78, 5) is 4.86. The Morgan fingerprint density at radius 3 is 2.53 bits per heavy atom. The molecular formula is C21H34ClIN4O2S. The summed E-state index contributed by atoms with van der Waals surface area (Å²) >= 11 is 6.18. The predicted molar refractivity (Wildman–Crippen MR) is 136 cm³/mol. The summed E-state index contributed by atoms with van der Waals surface area (Å²) in [6.07, 6.45) is 4.51. The molecule has 170 valence electrons. The largest absolute Gasteiger partial charge is 0.357 e. The van der Waals surface area contributed by atoms with Gasteiger partial charge in [-0.15, -0.1) is 24.0 Å². The molecule has 2 N–H and O–H groups in total. The summed E-state index contributed by atoms with van der Waals surface area (Å²) in [5, 5.41) is 7.62. The maximum Gasteiger partial charge on any atom is 0.214 e. The molecule has 6 nitrogen and oxygen atoms in total. The molecule has 1 aliphatic carbocycles. The number of guanidine groups is 1. The number of halogens is 2. The van der Waals surface area contributed by atoms with Crippen molar-refractivity contribution in [2.24, 2.45) is 4.99 Å². The molecule has 30 heavy (non-hydrogen) atoms. The van der Waals surface area contributed by atoms with E-state index in [4.69, 9.17) is 16.6 Å². The van der Waals surface area contributed by atoms with Gasteiger partial charge in [-0.05, 0) is 56.7 Å². The number of rotatable bonds is 8. The Labute approximate surface area is 203 Å². The second-order valence-corrected chi connectivity index (χ2v) is 10.6. The second-order valence-electron chi connectivity index (χ2n) is 8.12. The molecule has 1 saturated heterocycles. The highest BCUT2D eigenvalue weighted by Crippen LogP contribution is 2.48. The van der Waals surface area contributed by atoms with Gasteiger partial charge in [0.2, 0.25) is 10.0 Å². The highest BCUT2D eigenvalue weighted by atomic mass is 127. The normalized spacial score (nSPS) is 19.8. The molecule has 3 rings (SSSR count). The monoisotopic (exact) mass is 568 g/mol. The fraction of sp³-hybridized carbons (Fsp3) is 0.667. The number of nitrogens with one attached hydrogen (secondary N) is 2. The van der Waals surface area contributed by atoms with Crippen LogP contribution >= 0.6 is 35.6 Å². The van der Waals surface area contributed by atoms with Crippen molar-refractivity contribution in [2.45, 2.75) is 57.4 Å². The van der Waals surface area contributed by atoms with Gasteiger partial charge in [-0.1, -0.05) is 30.7 Å². The van der Waals surface area contributed by atoms with Crippen LogP contribution in [0.1, 0.15) is 51.5 Å². The molecule has 1 aromatic rings. The van der Waals surface area contributed by atoms with Crippen molar-refractivity contribution in [3.63, 3.8) is 0 Å². The Hall–Kier alpha value is -0.580. The minimum absolute atomic E-state index is 0. The van der Waals surface area contributed by atoms with Gasteiger partial charge in [0, 0.05) is 36.1 Å². The van der Waals surface area contributed by atoms with Gasteiger partial charge in [-0.25, -0.2) is 12.7 Å². The van der Waals surface area contributed by atoms with Crippen LogP contribution in [0.5, 0.6) is 0 Å². The van der Waals surface area contributed by atoms with Crippen molar-refractivity contribution in [3.05, 3.63) is 34.9 Å². The summed E-state index contributed by atoms with van der Waals surface area (Å²) in [7, 11) is -3.10. The van der Waals surface area contributed by atoms with Crippen molar-refractivity contribution in [2.75, 3.05) is 31.9 Å². The Bertz CT molecular complexity index is 822. The Morgan fingerprint density at radius 1 is 1.27 bits per heavy atom. The lowest BCUT2D eigenvalue weighted by molar-refractivity contribution is 0.306. The molecule has 0 amide bonds. The molecule has 1 heterocycles. The number of aliphatic imine (C=N–C) groups is 1. The van der Waals surface area contributed by atoms with Crippen LogP contribution in [-0.2, 0) is 15.4 Å². The zero-order valence-electron chi connectivity index (χ0n) is 17.9. The fourth-order valence-corrected chi connectivity index (χ4v) is 5.65. The maximum atomic E-state index is 12.3. The first-order chi connectivity index (χ1) is 13.9. The van der Waals surface area contributed by atoms with E-state index in [-0.39, 0.29) is 41.2 Å². The van der Waals surface area contributed by atoms with Gasteiger partial charge >= 0.3 is 0 Å². The maximum absolute atomic E-state index is 12.3. The van der Waals surface area contributed by atoms with Gasteiger partial charge in [0.05, 0.1) is 12.3 Å². The van der Waals surface area contributed by atoms with Gasteiger partial charge in [0.1, 0.15) is 0 Å². The zero-order valence-corrected chi connectivity index (χ0v) is 21.8. The molecule has 2 fully saturated rings. The fourth-order valence-electron chi connectivity index (χ4n) is 3.92. The summed E-state index contributed by atoms with van der Waals surface area (Å²) < 4.78 is 26.1. The van der Waals surface area contributed by atoms with Crippen LogP contribution in [0.3, 0.4) is 0 Å². The van der Waals surface area contributed by atoms with E-state index in [0.29, 0.717) is 19.5 Å². The molecule has 1 aliphatic heterocycles. The third-order valence-electron chi connectivity index (χ3n) is 5.82. The van der Waals surface area contributed by atoms with Crippen LogP contribution in [0.2, 0.25) is 5.02 Å². The first-order valence-electron chi connectivity index (χ1n) is 10.7. The van der Waals surface area contributed by atoms with Crippen LogP contribution in [0.25, 0.3) is 0 Å². The molecule has 2 aliphatic rings. The van der Waals surface area contributed by atoms with Gasteiger partial charge < -0.3 is 10.6 Å². The van der Waals surface area contributed by atoms with E-state index in [1.807, 2.05) is 19.1 Å². The van der Waals surface area contributed by atoms with Crippen LogP contribution in [-0.4, -0.2) is 56.7 Å². The molecule has 0 radical (unpaired) electrons. The average Bonchev–Trinajstić information content (AvgIpc) is 3.48. The molecule has 0 bridgehead atoms. The first kappa shape index (κ1) is 25.7. The molecule has 9 heteroatoms. The van der Waals surface area contributed by atoms with Gasteiger partial charge in [-0.3, -0.25) is 4.99 Å². The number of benzene rings is 1. The second kappa shape index (κ2) is 11.3. The standard InChI is InChI=1S/C21H33ClN4O2S.HI/c1-3-14-29(27,28)26-12-8-19(9-13-26)25-20(23-4-2)24-16-21(10-11-21)17-6-5-7-18(22)15-17;/h5-7,15,19H,3-4,8-14,16H2,1-2H3,(H2,23,24,25);1H. The lowest BCUT2D eigenvalue weighted by Gasteiger charge is -2.32. The molecule has 1 aromatic carbocycles. The Morgan fingerprint density at radius 2 is 1.97 bits per heavy atom. The van der Waals surface area contributed by atoms with E-state index in [9.17, 15) is 8.42 Å². The van der Waals surface area contributed by atoms with Gasteiger partial charge in [0.15, 0.2) is 5.96 Å². The molecule has 0 aromatic heterocycles. The summed E-state index contributed by atoms with van der Waals surface area (Å²) in [5.74, 6) is 1.05. The molecule has 0 unspecified atom stereocenters. The number of sulfonamides is 1. The summed E-state index contributed by atoms with van der Waals surface area (Å²) in [5.41, 5.74) is 1.37. The van der Waals surface area contributed by atoms with Crippen LogP contribution in [0, 0.1) is 0 Å². The highest BCUT2D eigenvalue weighted by Gasteiger charge is 2.44. The summed E-state index contributed by atoms with van der Waals surface area (Å²) in [6.45, 7) is 6.63. The smallest absolute Gasteiger partial charge is 0.214 e. The number of nitrogens with zero attached hydrogens (tertiary/aromatic N) is 2. The number of hydrogen-bond donors (Lipinski definition) is 2. The molecular weight excluding hydrogens is 535 g/mol. The topological polar surface area (TPSA) is 73.8 Å². The average molecular weight is 569 g/mol. The van der Waals surface area contributed by atoms with Crippen molar-refractivity contribution in [3.8, 4) is 0 Å². The SMILES string of the molecule is CCCS(=O)(=O)N1CCC(NC(=NCC2(c3cccc(Cl)c3)CC2)NCC)CC1.I. The van der Waals surface area contributed by atoms with E-state index in [1.54, 1.807) is 4.31 Å². The third-order valence-corrected chi connectivity index (χ3v) is 8.14. The lowest BCUT2D eigenvalue weighted by atomic mass is 9.96. The van der Waals surface area contributed by atoms with Crippen LogP contribution in [0.4, 0.5) is 0 Å². The molecule has 0 atom stereocenters. The number of hydrogen-bond acceptors (Lipinski definition) is 3.